The number of aliphatic hydroxyl groups is 2. The lowest BCUT2D eigenvalue weighted by Gasteiger charge is -2.09. The van der Waals surface area contributed by atoms with Crippen LogP contribution in [-0.4, -0.2) is 34.4 Å². The van der Waals surface area contributed by atoms with Crippen LogP contribution in [-0.2, 0) is 0 Å². The van der Waals surface area contributed by atoms with Crippen LogP contribution in [0.25, 0.3) is 0 Å². The predicted octanol–water partition coefficient (Wildman–Crippen LogP) is -0.357. The van der Waals surface area contributed by atoms with Crippen molar-refractivity contribution in [3.05, 3.63) is 10.1 Å². The highest BCUT2D eigenvalue weighted by atomic mass is 16.6. The molecule has 0 saturated heterocycles. The van der Waals surface area contributed by atoms with Crippen molar-refractivity contribution in [1.29, 1.82) is 0 Å². The lowest BCUT2D eigenvalue weighted by atomic mass is 10.0. The van der Waals surface area contributed by atoms with Gasteiger partial charge in [0, 0.05) is 10.8 Å². The minimum atomic E-state index is -0.829. The van der Waals surface area contributed by atoms with Gasteiger partial charge in [0.1, 0.15) is 0 Å². The number of hydrogen-bond donors (Lipinski definition) is 2. The van der Waals surface area contributed by atoms with E-state index in [9.17, 15) is 10.1 Å². The molecular weight excluding hydrogens is 150 g/mol. The van der Waals surface area contributed by atoms with Crippen LogP contribution < -0.4 is 0 Å². The first kappa shape index (κ1) is 10.3. The first-order valence-electron chi connectivity index (χ1n) is 3.47. The molecule has 0 aliphatic heterocycles. The average Bonchev–Trinajstić information content (AvgIpc) is 1.85. The van der Waals surface area contributed by atoms with Crippen molar-refractivity contribution in [2.75, 3.05) is 13.2 Å². The van der Waals surface area contributed by atoms with Gasteiger partial charge in [-0.1, -0.05) is 6.92 Å². The van der Waals surface area contributed by atoms with Gasteiger partial charge in [-0.25, -0.2) is 0 Å². The molecule has 0 heterocycles. The maximum Gasteiger partial charge on any atom is 0.206 e. The lowest BCUT2D eigenvalue weighted by molar-refractivity contribution is -0.487. The maximum atomic E-state index is 9.94. The smallest absolute Gasteiger partial charge is 0.206 e. The van der Waals surface area contributed by atoms with Crippen LogP contribution in [0.15, 0.2) is 0 Å². The minimum Gasteiger partial charge on any atom is -0.394 e. The van der Waals surface area contributed by atoms with E-state index in [0.717, 1.165) is 0 Å². The van der Waals surface area contributed by atoms with Crippen LogP contribution in [0.4, 0.5) is 0 Å². The van der Waals surface area contributed by atoms with Gasteiger partial charge in [0.15, 0.2) is 0 Å². The van der Waals surface area contributed by atoms with Crippen molar-refractivity contribution in [3.8, 4) is 0 Å². The van der Waals surface area contributed by atoms with E-state index in [1.165, 1.54) is 0 Å². The Morgan fingerprint density at radius 1 is 1.64 bits per heavy atom. The highest BCUT2D eigenvalue weighted by Gasteiger charge is 2.13. The summed E-state index contributed by atoms with van der Waals surface area (Å²) in [7, 11) is 0. The molecule has 0 rings (SSSR count). The number of aliphatic hydroxyl groups excluding tert-OH is 2. The first-order chi connectivity index (χ1) is 5.06. The lowest BCUT2D eigenvalue weighted by Crippen LogP contribution is -2.20. The van der Waals surface area contributed by atoms with Crippen LogP contribution in [0.5, 0.6) is 0 Å². The molecular formula is C6H13NO4. The Labute approximate surface area is 64.8 Å². The highest BCUT2D eigenvalue weighted by Crippen LogP contribution is 2.05. The molecule has 0 aromatic rings. The van der Waals surface area contributed by atoms with Crippen molar-refractivity contribution >= 4 is 0 Å². The normalized spacial score (nSPS) is 15.9. The van der Waals surface area contributed by atoms with Gasteiger partial charge in [-0.2, -0.15) is 0 Å². The molecule has 66 valence electrons. The molecule has 0 spiro atoms. The molecule has 11 heavy (non-hydrogen) atoms. The molecule has 0 radical (unpaired) electrons. The summed E-state index contributed by atoms with van der Waals surface area (Å²) in [6, 6.07) is 0. The summed E-state index contributed by atoms with van der Waals surface area (Å²) in [6.45, 7) is 1.18. The van der Waals surface area contributed by atoms with E-state index in [0.29, 0.717) is 0 Å². The van der Waals surface area contributed by atoms with E-state index in [-0.39, 0.29) is 25.5 Å². The van der Waals surface area contributed by atoms with Crippen LogP contribution in [0.3, 0.4) is 0 Å². The summed E-state index contributed by atoms with van der Waals surface area (Å²) in [5, 5.41) is 27.2. The molecule has 0 bridgehead atoms. The monoisotopic (exact) mass is 163 g/mol. The zero-order valence-corrected chi connectivity index (χ0v) is 6.43. The van der Waals surface area contributed by atoms with Gasteiger partial charge < -0.3 is 10.2 Å². The fourth-order valence-electron chi connectivity index (χ4n) is 0.868. The fourth-order valence-corrected chi connectivity index (χ4v) is 0.868. The second kappa shape index (κ2) is 5.03. The van der Waals surface area contributed by atoms with Crippen LogP contribution in [0.1, 0.15) is 13.3 Å². The molecule has 0 aliphatic rings. The Morgan fingerprint density at radius 3 is 2.55 bits per heavy atom. The van der Waals surface area contributed by atoms with Gasteiger partial charge in [-0.05, 0) is 6.42 Å². The summed E-state index contributed by atoms with van der Waals surface area (Å²) in [5.74, 6) is -0.188. The Bertz CT molecular complexity index is 128. The summed E-state index contributed by atoms with van der Waals surface area (Å²) >= 11 is 0. The van der Waals surface area contributed by atoms with E-state index in [1.807, 2.05) is 0 Å². The SMILES string of the molecule is CC(CC(O)CO)C[N+](=O)[O-]. The summed E-state index contributed by atoms with van der Waals surface area (Å²) in [6.07, 6.45) is -0.553. The van der Waals surface area contributed by atoms with Gasteiger partial charge in [0.2, 0.25) is 6.54 Å². The molecule has 0 aromatic heterocycles. The van der Waals surface area contributed by atoms with Crippen LogP contribution >= 0.6 is 0 Å². The van der Waals surface area contributed by atoms with Crippen LogP contribution in [0.2, 0.25) is 0 Å². The zero-order valence-electron chi connectivity index (χ0n) is 6.43. The molecule has 2 unspecified atom stereocenters. The van der Waals surface area contributed by atoms with E-state index in [2.05, 4.69) is 0 Å². The van der Waals surface area contributed by atoms with E-state index in [1.54, 1.807) is 6.92 Å². The highest BCUT2D eigenvalue weighted by molar-refractivity contribution is 4.58. The molecule has 5 heteroatoms. The topological polar surface area (TPSA) is 83.6 Å². The molecule has 0 fully saturated rings. The Morgan fingerprint density at radius 2 is 2.18 bits per heavy atom. The van der Waals surface area contributed by atoms with Crippen molar-refractivity contribution in [2.24, 2.45) is 5.92 Å². The van der Waals surface area contributed by atoms with Gasteiger partial charge in [-0.3, -0.25) is 10.1 Å². The van der Waals surface area contributed by atoms with Gasteiger partial charge >= 0.3 is 0 Å². The van der Waals surface area contributed by atoms with Crippen molar-refractivity contribution in [1.82, 2.24) is 0 Å². The molecule has 2 N–H and O–H groups in total. The van der Waals surface area contributed by atoms with E-state index in [4.69, 9.17) is 10.2 Å². The number of nitro groups is 1. The van der Waals surface area contributed by atoms with E-state index >= 15 is 0 Å². The Kier molecular flexibility index (Phi) is 4.72. The Hall–Kier alpha value is -0.680. The predicted molar refractivity (Wildman–Crippen MR) is 38.7 cm³/mol. The Balaban J connectivity index is 3.51. The zero-order chi connectivity index (χ0) is 8.85. The number of nitrogens with zero attached hydrogens (tertiary/aromatic N) is 1. The summed E-state index contributed by atoms with van der Waals surface area (Å²) in [4.78, 5) is 9.52. The van der Waals surface area contributed by atoms with Crippen molar-refractivity contribution < 1.29 is 15.1 Å². The standard InChI is InChI=1S/C6H13NO4/c1-5(3-7(10)11)2-6(9)4-8/h5-6,8-9H,2-4H2,1H3. The van der Waals surface area contributed by atoms with Gasteiger partial charge in [0.05, 0.1) is 12.7 Å². The second-order valence-electron chi connectivity index (χ2n) is 2.69. The largest absolute Gasteiger partial charge is 0.394 e. The van der Waals surface area contributed by atoms with Crippen LogP contribution in [0, 0.1) is 16.0 Å². The third-order valence-electron chi connectivity index (χ3n) is 1.35. The fraction of sp³-hybridized carbons (Fsp3) is 1.00. The second-order valence-corrected chi connectivity index (χ2v) is 2.69. The van der Waals surface area contributed by atoms with Crippen molar-refractivity contribution in [3.63, 3.8) is 0 Å². The number of rotatable bonds is 5. The molecule has 5 nitrogen and oxygen atoms in total. The number of hydrogen-bond acceptors (Lipinski definition) is 4. The van der Waals surface area contributed by atoms with E-state index < -0.39 is 11.0 Å². The third kappa shape index (κ3) is 5.75. The van der Waals surface area contributed by atoms with Crippen molar-refractivity contribution in [2.45, 2.75) is 19.4 Å². The molecule has 0 saturated carbocycles. The van der Waals surface area contributed by atoms with Gasteiger partial charge in [0.25, 0.3) is 0 Å². The van der Waals surface area contributed by atoms with Gasteiger partial charge in [-0.15, -0.1) is 0 Å². The molecule has 2 atom stereocenters. The summed E-state index contributed by atoms with van der Waals surface area (Å²) < 4.78 is 0. The maximum absolute atomic E-state index is 9.94. The minimum absolute atomic E-state index is 0.156. The quantitative estimate of drug-likeness (QED) is 0.428. The molecule has 0 aliphatic carbocycles. The molecule has 0 aromatic carbocycles. The molecule has 0 amide bonds. The third-order valence-corrected chi connectivity index (χ3v) is 1.35. The first-order valence-corrected chi connectivity index (χ1v) is 3.47. The summed E-state index contributed by atoms with van der Waals surface area (Å²) in [5.41, 5.74) is 0. The average molecular weight is 163 g/mol.